The summed E-state index contributed by atoms with van der Waals surface area (Å²) < 4.78 is 0. The third kappa shape index (κ3) is 3.85. The molecule has 0 fully saturated rings. The molecule has 1 aromatic heterocycles. The summed E-state index contributed by atoms with van der Waals surface area (Å²) in [4.78, 5) is 7.80. The second-order valence-corrected chi connectivity index (χ2v) is 5.21. The van der Waals surface area contributed by atoms with Crippen molar-refractivity contribution < 1.29 is 0 Å². The number of halogens is 2. The third-order valence-corrected chi connectivity index (χ3v) is 2.44. The van der Waals surface area contributed by atoms with E-state index in [0.29, 0.717) is 10.5 Å². The fourth-order valence-electron chi connectivity index (χ4n) is 1.04. The largest absolute Gasteiger partial charge is 0.226 e. The lowest BCUT2D eigenvalue weighted by molar-refractivity contribution is 0.748. The van der Waals surface area contributed by atoms with Crippen molar-refractivity contribution in [3.63, 3.8) is 0 Å². The van der Waals surface area contributed by atoms with Crippen molar-refractivity contribution in [3.8, 4) is 0 Å². The van der Waals surface area contributed by atoms with Gasteiger partial charge in [0.15, 0.2) is 0 Å². The van der Waals surface area contributed by atoms with Crippen LogP contribution in [0.4, 0.5) is 0 Å². The second kappa shape index (κ2) is 4.50. The zero-order chi connectivity index (χ0) is 10.8. The Kier molecular flexibility index (Phi) is 3.79. The van der Waals surface area contributed by atoms with Crippen molar-refractivity contribution in [1.29, 1.82) is 0 Å². The molecule has 14 heavy (non-hydrogen) atoms. The van der Waals surface area contributed by atoms with Crippen LogP contribution in [0.3, 0.4) is 0 Å². The first-order valence-electron chi connectivity index (χ1n) is 4.55. The number of hydrogen-bond acceptors (Lipinski definition) is 2. The van der Waals surface area contributed by atoms with Crippen LogP contribution < -0.4 is 0 Å². The highest BCUT2D eigenvalue weighted by Gasteiger charge is 2.14. The molecule has 0 aromatic carbocycles. The van der Waals surface area contributed by atoms with Crippen LogP contribution in [0.2, 0.25) is 15.8 Å². The molecule has 0 radical (unpaired) electrons. The zero-order valence-electron chi connectivity index (χ0n) is 8.64. The van der Waals surface area contributed by atoms with Gasteiger partial charge in [-0.1, -0.05) is 37.7 Å². The quantitative estimate of drug-likeness (QED) is 0.444. The first-order valence-corrected chi connectivity index (χ1v) is 5.31. The SMILES string of the molecule is CC(C)(C)BCc1cnc(Cl)nc1Cl. The minimum Gasteiger partial charge on any atom is -0.226 e. The molecule has 0 unspecified atom stereocenters. The maximum absolute atomic E-state index is 5.92. The minimum atomic E-state index is 0.203. The summed E-state index contributed by atoms with van der Waals surface area (Å²) in [7, 11) is 1.05. The molecule has 2 nitrogen and oxygen atoms in total. The van der Waals surface area contributed by atoms with E-state index in [1.54, 1.807) is 6.20 Å². The van der Waals surface area contributed by atoms with E-state index in [0.717, 1.165) is 19.2 Å². The third-order valence-electron chi connectivity index (χ3n) is 1.93. The molecule has 0 saturated heterocycles. The average molecular weight is 231 g/mol. The van der Waals surface area contributed by atoms with Gasteiger partial charge in [0.2, 0.25) is 5.28 Å². The molecular weight excluding hydrogens is 218 g/mol. The minimum absolute atomic E-state index is 0.203. The van der Waals surface area contributed by atoms with Crippen molar-refractivity contribution in [2.75, 3.05) is 0 Å². The van der Waals surface area contributed by atoms with Crippen LogP contribution >= 0.6 is 23.2 Å². The molecule has 0 N–H and O–H groups in total. The summed E-state index contributed by atoms with van der Waals surface area (Å²) in [5, 5.41) is 0.965. The van der Waals surface area contributed by atoms with Gasteiger partial charge in [0.05, 0.1) is 0 Å². The van der Waals surface area contributed by atoms with Crippen LogP contribution in [0.5, 0.6) is 0 Å². The number of aromatic nitrogens is 2. The van der Waals surface area contributed by atoms with Gasteiger partial charge in [-0.3, -0.25) is 0 Å². The Morgan fingerprint density at radius 1 is 1.36 bits per heavy atom. The van der Waals surface area contributed by atoms with E-state index in [1.807, 2.05) is 0 Å². The van der Waals surface area contributed by atoms with Crippen LogP contribution in [-0.4, -0.2) is 17.2 Å². The topological polar surface area (TPSA) is 25.8 Å². The smallest absolute Gasteiger partial charge is 0.223 e. The van der Waals surface area contributed by atoms with Crippen LogP contribution in [0, 0.1) is 0 Å². The summed E-state index contributed by atoms with van der Waals surface area (Å²) >= 11 is 11.5. The summed E-state index contributed by atoms with van der Waals surface area (Å²) in [6.45, 7) is 6.58. The molecule has 76 valence electrons. The van der Waals surface area contributed by atoms with Gasteiger partial charge >= 0.3 is 0 Å². The maximum atomic E-state index is 5.92. The van der Waals surface area contributed by atoms with E-state index in [1.165, 1.54) is 0 Å². The molecule has 1 heterocycles. The summed E-state index contributed by atoms with van der Waals surface area (Å²) in [6, 6.07) is 0. The first-order chi connectivity index (χ1) is 6.38. The monoisotopic (exact) mass is 230 g/mol. The highest BCUT2D eigenvalue weighted by molar-refractivity contribution is 6.40. The Bertz CT molecular complexity index is 323. The Labute approximate surface area is 95.3 Å². The van der Waals surface area contributed by atoms with Crippen LogP contribution in [0.1, 0.15) is 26.3 Å². The number of rotatable bonds is 2. The molecule has 0 aliphatic heterocycles. The molecule has 5 heteroatoms. The number of nitrogens with zero attached hydrogens (tertiary/aromatic N) is 2. The van der Waals surface area contributed by atoms with Gasteiger partial charge in [0.25, 0.3) is 0 Å². The Morgan fingerprint density at radius 2 is 2.00 bits per heavy atom. The molecule has 1 aromatic rings. The molecule has 0 spiro atoms. The summed E-state index contributed by atoms with van der Waals surface area (Å²) in [6.07, 6.45) is 2.59. The molecule has 1 rings (SSSR count). The highest BCUT2D eigenvalue weighted by Crippen LogP contribution is 2.23. The Morgan fingerprint density at radius 3 is 2.50 bits per heavy atom. The molecule has 0 saturated carbocycles. The molecule has 0 bridgehead atoms. The van der Waals surface area contributed by atoms with E-state index in [-0.39, 0.29) is 5.28 Å². The first kappa shape index (κ1) is 11.8. The van der Waals surface area contributed by atoms with E-state index in [2.05, 4.69) is 30.7 Å². The van der Waals surface area contributed by atoms with Gasteiger partial charge in [-0.15, -0.1) is 0 Å². The van der Waals surface area contributed by atoms with Crippen LogP contribution in [0.15, 0.2) is 6.20 Å². The normalized spacial score (nSPS) is 11.5. The van der Waals surface area contributed by atoms with E-state index in [4.69, 9.17) is 23.2 Å². The predicted octanol–water partition coefficient (Wildman–Crippen LogP) is 2.94. The maximum Gasteiger partial charge on any atom is 0.223 e. The van der Waals surface area contributed by atoms with Crippen molar-refractivity contribution in [3.05, 3.63) is 22.2 Å². The Hall–Kier alpha value is -0.275. The van der Waals surface area contributed by atoms with Crippen LogP contribution in [0.25, 0.3) is 0 Å². The molecular formula is C9H13BCl2N2. The zero-order valence-corrected chi connectivity index (χ0v) is 10.2. The lowest BCUT2D eigenvalue weighted by Crippen LogP contribution is -2.12. The van der Waals surface area contributed by atoms with Gasteiger partial charge in [-0.05, 0) is 17.9 Å². The van der Waals surface area contributed by atoms with Gasteiger partial charge < -0.3 is 0 Å². The molecule has 0 amide bonds. The van der Waals surface area contributed by atoms with Gasteiger partial charge in [0.1, 0.15) is 12.4 Å². The standard InChI is InChI=1S/C9H13BCl2N2/c1-9(2,3)10-4-6-5-13-8(12)14-7(6)11/h5,10H,4H2,1-3H3. The van der Waals surface area contributed by atoms with Crippen molar-refractivity contribution in [1.82, 2.24) is 9.97 Å². The molecule has 0 atom stereocenters. The molecule has 0 aliphatic rings. The fraction of sp³-hybridized carbons (Fsp3) is 0.556. The van der Waals surface area contributed by atoms with Crippen molar-refractivity contribution in [2.45, 2.75) is 32.4 Å². The Balaban J connectivity index is 2.68. The van der Waals surface area contributed by atoms with Crippen molar-refractivity contribution >= 4 is 30.5 Å². The second-order valence-electron chi connectivity index (χ2n) is 4.52. The van der Waals surface area contributed by atoms with E-state index in [9.17, 15) is 0 Å². The fourth-order valence-corrected chi connectivity index (χ4v) is 1.44. The predicted molar refractivity (Wildman–Crippen MR) is 62.6 cm³/mol. The lowest BCUT2D eigenvalue weighted by Gasteiger charge is -2.16. The summed E-state index contributed by atoms with van der Waals surface area (Å²) in [5.74, 6) is 0. The average Bonchev–Trinajstić information content (AvgIpc) is 2.00. The lowest BCUT2D eigenvalue weighted by atomic mass is 9.52. The van der Waals surface area contributed by atoms with Gasteiger partial charge in [-0.25, -0.2) is 9.97 Å². The summed E-state index contributed by atoms with van der Waals surface area (Å²) in [5.41, 5.74) is 0.964. The van der Waals surface area contributed by atoms with Crippen LogP contribution in [-0.2, 0) is 6.32 Å². The van der Waals surface area contributed by atoms with E-state index >= 15 is 0 Å². The van der Waals surface area contributed by atoms with Gasteiger partial charge in [0, 0.05) is 11.8 Å². The highest BCUT2D eigenvalue weighted by atomic mass is 35.5. The van der Waals surface area contributed by atoms with Gasteiger partial charge in [-0.2, -0.15) is 0 Å². The number of hydrogen-bond donors (Lipinski definition) is 0. The van der Waals surface area contributed by atoms with Crippen molar-refractivity contribution in [2.24, 2.45) is 0 Å². The van der Waals surface area contributed by atoms with E-state index < -0.39 is 0 Å². The molecule has 0 aliphatic carbocycles.